The summed E-state index contributed by atoms with van der Waals surface area (Å²) in [5.74, 6) is 0.683. The van der Waals surface area contributed by atoms with Crippen molar-refractivity contribution in [3.8, 4) is 0 Å². The Morgan fingerprint density at radius 2 is 1.83 bits per heavy atom. The van der Waals surface area contributed by atoms with Crippen molar-refractivity contribution in [2.24, 2.45) is 0 Å². The van der Waals surface area contributed by atoms with E-state index < -0.39 is 0 Å². The lowest BCUT2D eigenvalue weighted by molar-refractivity contribution is -0.118. The molecule has 1 heterocycles. The van der Waals surface area contributed by atoms with Gasteiger partial charge in [0.1, 0.15) is 5.82 Å². The quantitative estimate of drug-likeness (QED) is 0.288. The van der Waals surface area contributed by atoms with E-state index in [9.17, 15) is 9.18 Å². The Labute approximate surface area is 189 Å². The highest BCUT2D eigenvalue weighted by Gasteiger charge is 2.19. The van der Waals surface area contributed by atoms with Crippen molar-refractivity contribution in [1.29, 1.82) is 0 Å². The molecule has 0 N–H and O–H groups in total. The average Bonchev–Trinajstić information content (AvgIpc) is 3.15. The fourth-order valence-corrected chi connectivity index (χ4v) is 5.26. The summed E-state index contributed by atoms with van der Waals surface area (Å²) in [7, 11) is 4.01. The maximum Gasteiger partial charge on any atom is 0.228 e. The van der Waals surface area contributed by atoms with Crippen molar-refractivity contribution in [3.63, 3.8) is 0 Å². The molecule has 1 aromatic heterocycles. The minimum Gasteiger partial charge on any atom is -0.308 e. The molecule has 0 bridgehead atoms. The molecule has 0 unspecified atom stereocenters. The summed E-state index contributed by atoms with van der Waals surface area (Å²) in [5, 5.41) is 0.765. The highest BCUT2D eigenvalue weighted by atomic mass is 32.2. The summed E-state index contributed by atoms with van der Waals surface area (Å²) in [6, 6.07) is 12.7. The first-order valence-electron chi connectivity index (χ1n) is 9.74. The van der Waals surface area contributed by atoms with Gasteiger partial charge >= 0.3 is 0 Å². The van der Waals surface area contributed by atoms with Crippen molar-refractivity contribution in [1.82, 2.24) is 9.88 Å². The number of nitrogens with zero attached hydrogens (tertiary/aromatic N) is 3. The molecule has 0 saturated heterocycles. The van der Waals surface area contributed by atoms with E-state index in [1.807, 2.05) is 25.1 Å². The van der Waals surface area contributed by atoms with Crippen LogP contribution in [0.4, 0.5) is 9.52 Å². The molecule has 4 nitrogen and oxygen atoms in total. The van der Waals surface area contributed by atoms with E-state index in [1.165, 1.54) is 17.0 Å². The van der Waals surface area contributed by atoms with Crippen LogP contribution in [0, 0.1) is 5.82 Å². The molecule has 1 amide bonds. The van der Waals surface area contributed by atoms with Gasteiger partial charge in [0, 0.05) is 29.3 Å². The van der Waals surface area contributed by atoms with E-state index in [4.69, 9.17) is 4.98 Å². The smallest absolute Gasteiger partial charge is 0.228 e. The van der Waals surface area contributed by atoms with Gasteiger partial charge in [-0.25, -0.2) is 9.37 Å². The molecule has 0 aliphatic rings. The van der Waals surface area contributed by atoms with E-state index in [1.54, 1.807) is 47.0 Å². The third kappa shape index (κ3) is 6.44. The fraction of sp³-hybridized carbons (Fsp3) is 0.364. The summed E-state index contributed by atoms with van der Waals surface area (Å²) in [6.45, 7) is 1.40. The molecule has 0 spiro atoms. The zero-order valence-electron chi connectivity index (χ0n) is 17.4. The van der Waals surface area contributed by atoms with Crippen LogP contribution in [-0.4, -0.2) is 55.0 Å². The Hall–Kier alpha value is -1.61. The van der Waals surface area contributed by atoms with Crippen LogP contribution in [0.15, 0.2) is 52.3 Å². The number of carbonyl (C=O) groups excluding carboxylic acids is 1. The third-order valence-electron chi connectivity index (χ3n) is 4.50. The Balaban J connectivity index is 1.64. The molecule has 0 saturated carbocycles. The van der Waals surface area contributed by atoms with Gasteiger partial charge in [-0.1, -0.05) is 11.3 Å². The number of fused-ring (bicyclic) bond motifs is 1. The van der Waals surface area contributed by atoms with Crippen LogP contribution >= 0.6 is 34.9 Å². The molecule has 0 atom stereocenters. The molecule has 0 aliphatic heterocycles. The number of rotatable bonds is 10. The predicted octanol–water partition coefficient (Wildman–Crippen LogP) is 5.62. The molecule has 0 radical (unpaired) electrons. The summed E-state index contributed by atoms with van der Waals surface area (Å²) in [5.41, 5.74) is 0.933. The normalized spacial score (nSPS) is 11.4. The van der Waals surface area contributed by atoms with Crippen LogP contribution in [0.2, 0.25) is 0 Å². The minimum atomic E-state index is -0.230. The van der Waals surface area contributed by atoms with E-state index in [0.717, 1.165) is 39.0 Å². The number of hydrogen-bond donors (Lipinski definition) is 0. The second-order valence-corrected chi connectivity index (χ2v) is 10.1. The minimum absolute atomic E-state index is 0.0979. The molecule has 0 fully saturated rings. The zero-order chi connectivity index (χ0) is 21.5. The Morgan fingerprint density at radius 3 is 2.53 bits per heavy atom. The number of thiazole rings is 1. The summed E-state index contributed by atoms with van der Waals surface area (Å²) in [6.07, 6.45) is 3.29. The molecular weight excluding hydrogens is 437 g/mol. The van der Waals surface area contributed by atoms with E-state index in [-0.39, 0.29) is 11.7 Å². The Bertz CT molecular complexity index is 975. The van der Waals surface area contributed by atoms with Crippen LogP contribution in [-0.2, 0) is 4.79 Å². The topological polar surface area (TPSA) is 36.4 Å². The number of anilines is 1. The maximum atomic E-state index is 13.0. The first-order valence-corrected chi connectivity index (χ1v) is 12.8. The first kappa shape index (κ1) is 23.1. The van der Waals surface area contributed by atoms with Crippen molar-refractivity contribution < 1.29 is 9.18 Å². The van der Waals surface area contributed by atoms with Gasteiger partial charge in [0.15, 0.2) is 5.13 Å². The van der Waals surface area contributed by atoms with Crippen molar-refractivity contribution >= 4 is 56.1 Å². The number of likely N-dealkylation sites (N-methyl/N-ethyl adjacent to an activating group) is 1. The molecule has 8 heteroatoms. The summed E-state index contributed by atoms with van der Waals surface area (Å²) >= 11 is 4.92. The first-order chi connectivity index (χ1) is 14.5. The van der Waals surface area contributed by atoms with Gasteiger partial charge in [-0.3, -0.25) is 9.69 Å². The van der Waals surface area contributed by atoms with E-state index in [0.29, 0.717) is 13.0 Å². The monoisotopic (exact) mass is 463 g/mol. The number of hydrogen-bond acceptors (Lipinski definition) is 6. The van der Waals surface area contributed by atoms with E-state index >= 15 is 0 Å². The largest absolute Gasteiger partial charge is 0.308 e. The van der Waals surface area contributed by atoms with Gasteiger partial charge in [-0.05, 0) is 75.0 Å². The Kier molecular flexibility index (Phi) is 8.56. The van der Waals surface area contributed by atoms with Crippen LogP contribution < -0.4 is 4.90 Å². The number of benzene rings is 2. The van der Waals surface area contributed by atoms with Crippen LogP contribution in [0.1, 0.15) is 12.8 Å². The van der Waals surface area contributed by atoms with Crippen LogP contribution in [0.25, 0.3) is 10.2 Å². The second-order valence-electron chi connectivity index (χ2n) is 7.08. The molecule has 3 aromatic rings. The van der Waals surface area contributed by atoms with E-state index in [2.05, 4.69) is 23.3 Å². The van der Waals surface area contributed by atoms with Crippen molar-refractivity contribution in [3.05, 3.63) is 48.3 Å². The molecule has 0 aliphatic carbocycles. The number of thioether (sulfide) groups is 2. The number of aromatic nitrogens is 1. The lowest BCUT2D eigenvalue weighted by Gasteiger charge is -2.22. The lowest BCUT2D eigenvalue weighted by Crippen LogP contribution is -2.36. The highest BCUT2D eigenvalue weighted by molar-refractivity contribution is 7.99. The van der Waals surface area contributed by atoms with Gasteiger partial charge in [0.25, 0.3) is 0 Å². The molecule has 30 heavy (non-hydrogen) atoms. The van der Waals surface area contributed by atoms with Gasteiger partial charge in [0.05, 0.1) is 10.2 Å². The van der Waals surface area contributed by atoms with Crippen molar-refractivity contribution in [2.45, 2.75) is 22.6 Å². The maximum absolute atomic E-state index is 13.0. The SMILES string of the molecule is CSc1ccc2nc(N(CCN(C)C)C(=O)CCCSc3ccc(F)cc3)sc2c1. The van der Waals surface area contributed by atoms with Crippen molar-refractivity contribution in [2.75, 3.05) is 44.1 Å². The zero-order valence-corrected chi connectivity index (χ0v) is 19.9. The molecule has 160 valence electrons. The van der Waals surface area contributed by atoms with Gasteiger partial charge in [-0.15, -0.1) is 23.5 Å². The van der Waals surface area contributed by atoms with Gasteiger partial charge in [0.2, 0.25) is 5.91 Å². The average molecular weight is 464 g/mol. The predicted molar refractivity (Wildman–Crippen MR) is 129 cm³/mol. The summed E-state index contributed by atoms with van der Waals surface area (Å²) in [4.78, 5) is 23.9. The van der Waals surface area contributed by atoms with Crippen LogP contribution in [0.5, 0.6) is 0 Å². The van der Waals surface area contributed by atoms with Gasteiger partial charge < -0.3 is 4.90 Å². The molecular formula is C22H26FN3OS3. The fourth-order valence-electron chi connectivity index (χ4n) is 2.84. The molecule has 3 rings (SSSR count). The van der Waals surface area contributed by atoms with Crippen LogP contribution in [0.3, 0.4) is 0 Å². The highest BCUT2D eigenvalue weighted by Crippen LogP contribution is 2.32. The summed E-state index contributed by atoms with van der Waals surface area (Å²) < 4.78 is 14.1. The Morgan fingerprint density at radius 1 is 1.10 bits per heavy atom. The molecule has 2 aromatic carbocycles. The number of halogens is 1. The number of amides is 1. The van der Waals surface area contributed by atoms with Gasteiger partial charge in [-0.2, -0.15) is 0 Å². The standard InChI is InChI=1S/C22H26FN3OS3/c1-25(2)12-13-26(22-24-19-11-10-18(28-3)15-20(19)30-22)21(27)5-4-14-29-17-8-6-16(23)7-9-17/h6-11,15H,4-5,12-14H2,1-3H3. The third-order valence-corrected chi connectivity index (χ3v) is 7.37. The number of carbonyl (C=O) groups is 1. The second kappa shape index (κ2) is 11.1. The lowest BCUT2D eigenvalue weighted by atomic mass is 10.3.